The van der Waals surface area contributed by atoms with Gasteiger partial charge in [0.2, 0.25) is 11.7 Å². The first kappa shape index (κ1) is 19.5. The third-order valence-electron chi connectivity index (χ3n) is 5.19. The van der Waals surface area contributed by atoms with E-state index in [-0.39, 0.29) is 12.1 Å². The van der Waals surface area contributed by atoms with Crippen molar-refractivity contribution in [1.82, 2.24) is 15.0 Å². The van der Waals surface area contributed by atoms with Gasteiger partial charge in [0.1, 0.15) is 6.04 Å². The minimum Gasteiger partial charge on any atom is -0.337 e. The predicted molar refractivity (Wildman–Crippen MR) is 113 cm³/mol. The van der Waals surface area contributed by atoms with Crippen LogP contribution >= 0.6 is 11.6 Å². The highest BCUT2D eigenvalue weighted by Crippen LogP contribution is 2.32. The lowest BCUT2D eigenvalue weighted by Gasteiger charge is -2.33. The van der Waals surface area contributed by atoms with Crippen molar-refractivity contribution in [3.8, 4) is 11.4 Å². The molecular weight excluding hydrogens is 388 g/mol. The monoisotopic (exact) mass is 410 g/mol. The van der Waals surface area contributed by atoms with Crippen molar-refractivity contribution in [1.29, 1.82) is 0 Å². The number of nitrogens with zero attached hydrogens (tertiary/aromatic N) is 3. The summed E-state index contributed by atoms with van der Waals surface area (Å²) >= 11 is 6.18. The van der Waals surface area contributed by atoms with E-state index in [9.17, 15) is 4.79 Å². The summed E-state index contributed by atoms with van der Waals surface area (Å²) in [5, 5.41) is 7.70. The highest BCUT2D eigenvalue weighted by atomic mass is 35.5. The Morgan fingerprint density at radius 2 is 2.07 bits per heavy atom. The van der Waals surface area contributed by atoms with Gasteiger partial charge in [0, 0.05) is 22.8 Å². The van der Waals surface area contributed by atoms with E-state index in [1.165, 1.54) is 0 Å². The zero-order valence-electron chi connectivity index (χ0n) is 16.5. The van der Waals surface area contributed by atoms with Crippen LogP contribution in [0.3, 0.4) is 0 Å². The van der Waals surface area contributed by atoms with Gasteiger partial charge in [-0.3, -0.25) is 0 Å². The fourth-order valence-corrected chi connectivity index (χ4v) is 3.75. The maximum Gasteiger partial charge on any atom is 0.322 e. The summed E-state index contributed by atoms with van der Waals surface area (Å²) in [7, 11) is 0. The smallest absolute Gasteiger partial charge is 0.322 e. The lowest BCUT2D eigenvalue weighted by Crippen LogP contribution is -2.41. The van der Waals surface area contributed by atoms with Crippen LogP contribution in [-0.2, 0) is 0 Å². The van der Waals surface area contributed by atoms with Crippen LogP contribution in [0.1, 0.15) is 42.3 Å². The van der Waals surface area contributed by atoms with Gasteiger partial charge in [0.05, 0.1) is 0 Å². The summed E-state index contributed by atoms with van der Waals surface area (Å²) < 4.78 is 5.56. The highest BCUT2D eigenvalue weighted by Gasteiger charge is 2.32. The van der Waals surface area contributed by atoms with Crippen LogP contribution < -0.4 is 5.32 Å². The van der Waals surface area contributed by atoms with E-state index < -0.39 is 0 Å². The van der Waals surface area contributed by atoms with Crippen LogP contribution in [0, 0.1) is 13.8 Å². The quantitative estimate of drug-likeness (QED) is 0.595. The number of aromatic nitrogens is 2. The number of rotatable bonds is 3. The molecule has 1 N–H and O–H groups in total. The van der Waals surface area contributed by atoms with E-state index >= 15 is 0 Å². The van der Waals surface area contributed by atoms with Crippen LogP contribution in [-0.4, -0.2) is 27.6 Å². The Hall–Kier alpha value is -2.86. The molecule has 6 nitrogen and oxygen atoms in total. The number of carbonyl (C=O) groups is 1. The average Bonchev–Trinajstić information content (AvgIpc) is 3.21. The maximum absolute atomic E-state index is 13.0. The fourth-order valence-electron chi connectivity index (χ4n) is 3.57. The number of nitrogens with one attached hydrogen (secondary N) is 1. The summed E-state index contributed by atoms with van der Waals surface area (Å²) in [5.41, 5.74) is 3.67. The standard InChI is InChI=1S/C22H23ClN4O2/c1-14-6-5-7-16(12-14)20-25-21(29-26-20)19-8-3-4-11-27(19)22(28)24-17-10-9-15(2)18(23)13-17/h5-7,9-10,12-13,19H,3-4,8,11H2,1-2H3,(H,24,28)/t19-/m1/s1. The van der Waals surface area contributed by atoms with Crippen LogP contribution in [0.15, 0.2) is 47.0 Å². The van der Waals surface area contributed by atoms with E-state index in [1.807, 2.05) is 50.2 Å². The number of aryl methyl sites for hydroxylation is 2. The summed E-state index contributed by atoms with van der Waals surface area (Å²) in [6.45, 7) is 4.59. The normalized spacial score (nSPS) is 16.7. The van der Waals surface area contributed by atoms with Gasteiger partial charge in [0.25, 0.3) is 0 Å². The lowest BCUT2D eigenvalue weighted by molar-refractivity contribution is 0.142. The number of likely N-dealkylation sites (tertiary alicyclic amines) is 1. The molecule has 150 valence electrons. The van der Waals surface area contributed by atoms with Crippen molar-refractivity contribution in [2.75, 3.05) is 11.9 Å². The molecule has 1 atom stereocenters. The van der Waals surface area contributed by atoms with Gasteiger partial charge in [-0.25, -0.2) is 4.79 Å². The molecule has 7 heteroatoms. The Morgan fingerprint density at radius 1 is 1.21 bits per heavy atom. The van der Waals surface area contributed by atoms with Gasteiger partial charge < -0.3 is 14.7 Å². The summed E-state index contributed by atoms with van der Waals surface area (Å²) in [6.07, 6.45) is 2.74. The second-order valence-electron chi connectivity index (χ2n) is 7.42. The molecule has 0 radical (unpaired) electrons. The van der Waals surface area contributed by atoms with Crippen molar-refractivity contribution < 1.29 is 9.32 Å². The number of carbonyl (C=O) groups excluding carboxylic acids is 1. The minimum absolute atomic E-state index is 0.190. The molecule has 3 aromatic rings. The van der Waals surface area contributed by atoms with Gasteiger partial charge >= 0.3 is 6.03 Å². The second kappa shape index (κ2) is 8.25. The molecule has 0 spiro atoms. The molecule has 4 rings (SSSR count). The van der Waals surface area contributed by atoms with Crippen molar-refractivity contribution >= 4 is 23.3 Å². The van der Waals surface area contributed by atoms with E-state index in [0.29, 0.717) is 29.0 Å². The summed E-state index contributed by atoms with van der Waals surface area (Å²) in [6, 6.07) is 13.0. The van der Waals surface area contributed by atoms with E-state index in [1.54, 1.807) is 11.0 Å². The maximum atomic E-state index is 13.0. The molecule has 0 saturated carbocycles. The van der Waals surface area contributed by atoms with Crippen molar-refractivity contribution in [3.63, 3.8) is 0 Å². The van der Waals surface area contributed by atoms with Crippen molar-refractivity contribution in [3.05, 3.63) is 64.5 Å². The number of anilines is 1. The Balaban J connectivity index is 1.54. The van der Waals surface area contributed by atoms with Crippen molar-refractivity contribution in [2.24, 2.45) is 0 Å². The summed E-state index contributed by atoms with van der Waals surface area (Å²) in [5.74, 6) is 1.01. The van der Waals surface area contributed by atoms with Gasteiger partial charge in [-0.1, -0.05) is 46.6 Å². The van der Waals surface area contributed by atoms with E-state index in [0.717, 1.165) is 36.0 Å². The fraction of sp³-hybridized carbons (Fsp3) is 0.318. The number of urea groups is 1. The number of benzene rings is 2. The van der Waals surface area contributed by atoms with Crippen molar-refractivity contribution in [2.45, 2.75) is 39.2 Å². The first-order valence-electron chi connectivity index (χ1n) is 9.75. The zero-order chi connectivity index (χ0) is 20.4. The first-order valence-corrected chi connectivity index (χ1v) is 10.1. The molecule has 1 aromatic heterocycles. The molecule has 1 saturated heterocycles. The van der Waals surface area contributed by atoms with Crippen LogP contribution in [0.25, 0.3) is 11.4 Å². The topological polar surface area (TPSA) is 71.3 Å². The molecule has 0 bridgehead atoms. The molecule has 2 heterocycles. The van der Waals surface area contributed by atoms with Gasteiger partial charge in [-0.15, -0.1) is 0 Å². The van der Waals surface area contributed by atoms with Crippen LogP contribution in [0.4, 0.5) is 10.5 Å². The average molecular weight is 411 g/mol. The molecule has 1 aliphatic heterocycles. The molecule has 2 amide bonds. The molecule has 1 fully saturated rings. The third kappa shape index (κ3) is 4.27. The third-order valence-corrected chi connectivity index (χ3v) is 5.60. The lowest BCUT2D eigenvalue weighted by atomic mass is 10.0. The van der Waals surface area contributed by atoms with Gasteiger partial charge in [0.15, 0.2) is 0 Å². The van der Waals surface area contributed by atoms with Crippen LogP contribution in [0.2, 0.25) is 5.02 Å². The number of amides is 2. The Bertz CT molecular complexity index is 1030. The predicted octanol–water partition coefficient (Wildman–Crippen LogP) is 5.77. The molecular formula is C22H23ClN4O2. The van der Waals surface area contributed by atoms with Gasteiger partial charge in [-0.2, -0.15) is 4.98 Å². The molecule has 0 unspecified atom stereocenters. The number of halogens is 1. The van der Waals surface area contributed by atoms with E-state index in [4.69, 9.17) is 16.1 Å². The van der Waals surface area contributed by atoms with E-state index in [2.05, 4.69) is 15.5 Å². The molecule has 1 aliphatic rings. The van der Waals surface area contributed by atoms with Crippen LogP contribution in [0.5, 0.6) is 0 Å². The molecule has 29 heavy (non-hydrogen) atoms. The summed E-state index contributed by atoms with van der Waals surface area (Å²) in [4.78, 5) is 19.3. The Labute approximate surface area is 174 Å². The second-order valence-corrected chi connectivity index (χ2v) is 7.83. The number of piperidine rings is 1. The van der Waals surface area contributed by atoms with Gasteiger partial charge in [-0.05, 0) is 56.9 Å². The largest absolute Gasteiger partial charge is 0.337 e. The number of hydrogen-bond donors (Lipinski definition) is 1. The molecule has 2 aromatic carbocycles. The number of hydrogen-bond acceptors (Lipinski definition) is 4. The SMILES string of the molecule is Cc1cccc(-c2noc([C@H]3CCCCN3C(=O)Nc3ccc(C)c(Cl)c3)n2)c1. The minimum atomic E-state index is -0.240. The zero-order valence-corrected chi connectivity index (χ0v) is 17.2. The first-order chi connectivity index (χ1) is 14.0. The Kier molecular flexibility index (Phi) is 5.53. The highest BCUT2D eigenvalue weighted by molar-refractivity contribution is 6.31. The Morgan fingerprint density at radius 3 is 2.86 bits per heavy atom. The molecule has 0 aliphatic carbocycles.